The third-order valence-corrected chi connectivity index (χ3v) is 3.79. The van der Waals surface area contributed by atoms with Crippen LogP contribution in [0.15, 0.2) is 28.0 Å². The van der Waals surface area contributed by atoms with Gasteiger partial charge in [-0.2, -0.15) is 0 Å². The van der Waals surface area contributed by atoms with E-state index in [0.29, 0.717) is 12.4 Å². The van der Waals surface area contributed by atoms with Crippen molar-refractivity contribution < 1.29 is 22.7 Å². The van der Waals surface area contributed by atoms with E-state index in [2.05, 4.69) is 14.9 Å². The number of carboxylic acids is 1. The average Bonchev–Trinajstić information content (AvgIpc) is 3.05. The Balaban J connectivity index is 2.13. The van der Waals surface area contributed by atoms with Crippen molar-refractivity contribution in [1.29, 1.82) is 0 Å². The average molecular weight is 300 g/mol. The Hall–Kier alpha value is -2.20. The first kappa shape index (κ1) is 14.2. The maximum Gasteiger partial charge on any atom is 0.371 e. The molecule has 0 amide bonds. The van der Waals surface area contributed by atoms with E-state index in [0.717, 1.165) is 12.1 Å². The van der Waals surface area contributed by atoms with Gasteiger partial charge in [-0.3, -0.25) is 0 Å². The quantitative estimate of drug-likeness (QED) is 0.772. The van der Waals surface area contributed by atoms with E-state index >= 15 is 0 Å². The Labute approximate surface area is 114 Å². The number of hydrogen-bond acceptors (Lipinski definition) is 6. The zero-order valence-electron chi connectivity index (χ0n) is 10.5. The van der Waals surface area contributed by atoms with Crippen LogP contribution >= 0.6 is 0 Å². The van der Waals surface area contributed by atoms with Crippen molar-refractivity contribution in [2.45, 2.75) is 25.1 Å². The Bertz CT molecular complexity index is 718. The molecule has 0 spiro atoms. The van der Waals surface area contributed by atoms with Crippen LogP contribution in [0.25, 0.3) is 0 Å². The monoisotopic (exact) mass is 300 g/mol. The van der Waals surface area contributed by atoms with Crippen molar-refractivity contribution in [2.75, 3.05) is 0 Å². The molecule has 0 unspecified atom stereocenters. The lowest BCUT2D eigenvalue weighted by molar-refractivity contribution is 0.0656. The van der Waals surface area contributed by atoms with Gasteiger partial charge in [0.05, 0.1) is 6.54 Å². The molecular formula is C10H12N4O5S. The van der Waals surface area contributed by atoms with Gasteiger partial charge in [0.2, 0.25) is 10.9 Å². The zero-order valence-corrected chi connectivity index (χ0v) is 11.3. The van der Waals surface area contributed by atoms with Crippen LogP contribution in [0.2, 0.25) is 0 Å². The van der Waals surface area contributed by atoms with Crippen LogP contribution in [-0.4, -0.2) is 34.3 Å². The smallest absolute Gasteiger partial charge is 0.371 e. The summed E-state index contributed by atoms with van der Waals surface area (Å²) in [6, 6.07) is 2.15. The molecule has 2 aromatic rings. The van der Waals surface area contributed by atoms with Gasteiger partial charge in [0.1, 0.15) is 12.2 Å². The molecule has 9 nitrogen and oxygen atoms in total. The zero-order chi connectivity index (χ0) is 14.8. The molecule has 2 N–H and O–H groups in total. The van der Waals surface area contributed by atoms with E-state index in [1.165, 1.54) is 6.33 Å². The Kier molecular flexibility index (Phi) is 3.86. The molecule has 0 aliphatic rings. The number of aromatic carboxylic acids is 1. The lowest BCUT2D eigenvalue weighted by atomic mass is 10.5. The van der Waals surface area contributed by atoms with E-state index in [9.17, 15) is 13.2 Å². The first-order chi connectivity index (χ1) is 9.44. The molecule has 2 aromatic heterocycles. The van der Waals surface area contributed by atoms with Crippen LogP contribution in [-0.2, 0) is 23.1 Å². The van der Waals surface area contributed by atoms with Gasteiger partial charge in [0, 0.05) is 6.54 Å². The predicted molar refractivity (Wildman–Crippen MR) is 65.4 cm³/mol. The SMILES string of the molecule is CCn1cnnc1CNS(=O)(=O)c1ccc(C(=O)O)o1. The molecule has 108 valence electrons. The minimum Gasteiger partial charge on any atom is -0.475 e. The summed E-state index contributed by atoms with van der Waals surface area (Å²) in [5.74, 6) is -1.33. The van der Waals surface area contributed by atoms with Gasteiger partial charge in [-0.1, -0.05) is 0 Å². The van der Waals surface area contributed by atoms with Gasteiger partial charge in [0.15, 0.2) is 0 Å². The molecule has 0 bridgehead atoms. The number of furan rings is 1. The minimum absolute atomic E-state index is 0.0702. The molecular weight excluding hydrogens is 288 g/mol. The van der Waals surface area contributed by atoms with Gasteiger partial charge in [-0.05, 0) is 19.1 Å². The number of carbonyl (C=O) groups is 1. The third-order valence-electron chi connectivity index (χ3n) is 2.51. The first-order valence-corrected chi connectivity index (χ1v) is 7.12. The fraction of sp³-hybridized carbons (Fsp3) is 0.300. The lowest BCUT2D eigenvalue weighted by Crippen LogP contribution is -2.24. The molecule has 0 atom stereocenters. The molecule has 0 saturated heterocycles. The van der Waals surface area contributed by atoms with E-state index in [4.69, 9.17) is 9.52 Å². The van der Waals surface area contributed by atoms with Gasteiger partial charge >= 0.3 is 5.97 Å². The molecule has 0 saturated carbocycles. The predicted octanol–water partition coefficient (Wildman–Crippen LogP) is 0.0677. The summed E-state index contributed by atoms with van der Waals surface area (Å²) in [5, 5.41) is 15.7. The number of nitrogens with zero attached hydrogens (tertiary/aromatic N) is 3. The molecule has 2 rings (SSSR count). The molecule has 0 fully saturated rings. The van der Waals surface area contributed by atoms with E-state index in [-0.39, 0.29) is 6.54 Å². The van der Waals surface area contributed by atoms with Gasteiger partial charge in [-0.25, -0.2) is 17.9 Å². The van der Waals surface area contributed by atoms with Crippen LogP contribution in [0.5, 0.6) is 0 Å². The van der Waals surface area contributed by atoms with Crippen molar-refractivity contribution in [3.8, 4) is 0 Å². The minimum atomic E-state index is -3.94. The molecule has 20 heavy (non-hydrogen) atoms. The molecule has 10 heteroatoms. The van der Waals surface area contributed by atoms with Crippen LogP contribution in [0, 0.1) is 0 Å². The molecule has 0 radical (unpaired) electrons. The number of aromatic nitrogens is 3. The fourth-order valence-corrected chi connectivity index (χ4v) is 2.40. The maximum atomic E-state index is 11.9. The number of aryl methyl sites for hydroxylation is 1. The number of rotatable bonds is 6. The van der Waals surface area contributed by atoms with Crippen molar-refractivity contribution in [3.05, 3.63) is 30.0 Å². The third kappa shape index (κ3) is 2.86. The molecule has 0 aliphatic heterocycles. The topological polar surface area (TPSA) is 127 Å². The Morgan fingerprint density at radius 1 is 1.50 bits per heavy atom. The number of hydrogen-bond donors (Lipinski definition) is 2. The first-order valence-electron chi connectivity index (χ1n) is 5.63. The highest BCUT2D eigenvalue weighted by molar-refractivity contribution is 7.89. The summed E-state index contributed by atoms with van der Waals surface area (Å²) in [4.78, 5) is 10.6. The summed E-state index contributed by atoms with van der Waals surface area (Å²) in [5.41, 5.74) is 0. The summed E-state index contributed by atoms with van der Waals surface area (Å²) < 4.78 is 32.5. The van der Waals surface area contributed by atoms with Crippen molar-refractivity contribution in [3.63, 3.8) is 0 Å². The maximum absolute atomic E-state index is 11.9. The van der Waals surface area contributed by atoms with Crippen LogP contribution in [0.4, 0.5) is 0 Å². The van der Waals surface area contributed by atoms with E-state index in [1.54, 1.807) is 4.57 Å². The van der Waals surface area contributed by atoms with Crippen LogP contribution in [0.1, 0.15) is 23.3 Å². The van der Waals surface area contributed by atoms with Gasteiger partial charge in [0.25, 0.3) is 10.0 Å². The second kappa shape index (κ2) is 5.43. The van der Waals surface area contributed by atoms with Crippen molar-refractivity contribution >= 4 is 16.0 Å². The highest BCUT2D eigenvalue weighted by Crippen LogP contribution is 2.14. The number of nitrogens with one attached hydrogen (secondary N) is 1. The van der Waals surface area contributed by atoms with Gasteiger partial charge < -0.3 is 14.1 Å². The normalized spacial score (nSPS) is 11.7. The van der Waals surface area contributed by atoms with Crippen LogP contribution < -0.4 is 4.72 Å². The van der Waals surface area contributed by atoms with Crippen molar-refractivity contribution in [1.82, 2.24) is 19.5 Å². The summed E-state index contributed by atoms with van der Waals surface area (Å²) in [6.07, 6.45) is 1.49. The highest BCUT2D eigenvalue weighted by Gasteiger charge is 2.21. The summed E-state index contributed by atoms with van der Waals surface area (Å²) >= 11 is 0. The highest BCUT2D eigenvalue weighted by atomic mass is 32.2. The van der Waals surface area contributed by atoms with E-state index in [1.807, 2.05) is 6.92 Å². The Morgan fingerprint density at radius 2 is 2.25 bits per heavy atom. The fourth-order valence-electron chi connectivity index (χ4n) is 1.49. The number of sulfonamides is 1. The molecule has 0 aromatic carbocycles. The van der Waals surface area contributed by atoms with E-state index < -0.39 is 26.8 Å². The van der Waals surface area contributed by atoms with Gasteiger partial charge in [-0.15, -0.1) is 10.2 Å². The lowest BCUT2D eigenvalue weighted by Gasteiger charge is -2.04. The van der Waals surface area contributed by atoms with Crippen molar-refractivity contribution in [2.24, 2.45) is 0 Å². The number of carboxylic acid groups (broad SMARTS) is 1. The second-order valence-electron chi connectivity index (χ2n) is 3.78. The molecule has 2 heterocycles. The Morgan fingerprint density at radius 3 is 2.85 bits per heavy atom. The standard InChI is InChI=1S/C10H12N4O5S/c1-2-14-6-11-13-8(14)5-12-20(17,18)9-4-3-7(19-9)10(15)16/h3-4,6,12H,2,5H2,1H3,(H,15,16). The second-order valence-corrected chi connectivity index (χ2v) is 5.48. The molecule has 0 aliphatic carbocycles. The summed E-state index contributed by atoms with van der Waals surface area (Å²) in [6.45, 7) is 2.40. The van der Waals surface area contributed by atoms with Crippen LogP contribution in [0.3, 0.4) is 0 Å². The summed E-state index contributed by atoms with van der Waals surface area (Å²) in [7, 11) is -3.94. The largest absolute Gasteiger partial charge is 0.475 e.